The molecule has 0 bridgehead atoms. The molecular weight excluding hydrogens is 435 g/mol. The number of carbonyl (C=O) groups excluding carboxylic acids is 3. The van der Waals surface area contributed by atoms with Crippen molar-refractivity contribution < 1.29 is 14.4 Å². The highest BCUT2D eigenvalue weighted by molar-refractivity contribution is 6.68. The van der Waals surface area contributed by atoms with Crippen LogP contribution in [0.3, 0.4) is 0 Å². The summed E-state index contributed by atoms with van der Waals surface area (Å²) < 4.78 is 0. The van der Waals surface area contributed by atoms with Crippen LogP contribution in [0.2, 0.25) is 0 Å². The number of hydrogen-bond acceptors (Lipinski definition) is 5. The van der Waals surface area contributed by atoms with Gasteiger partial charge in [-0.15, -0.1) is 24.8 Å². The Morgan fingerprint density at radius 1 is 0.931 bits per heavy atom. The summed E-state index contributed by atoms with van der Waals surface area (Å²) in [5.74, 6) is 4.70. The lowest BCUT2D eigenvalue weighted by molar-refractivity contribution is 0.101. The van der Waals surface area contributed by atoms with E-state index in [0.717, 1.165) is 0 Å². The number of carbonyl (C=O) groups is 3. The maximum atomic E-state index is 12.6. The SMILES string of the molecule is CC(=O)c1ccc(C(=O)c2c(C)cccc2C(=O)Cl)cc1.CC(C)(C)NN.Cl.Cl. The predicted molar refractivity (Wildman–Crippen MR) is 123 cm³/mol. The molecule has 29 heavy (non-hydrogen) atoms. The summed E-state index contributed by atoms with van der Waals surface area (Å²) in [5, 5.41) is -0.664. The smallest absolute Gasteiger partial charge is 0.253 e. The Labute approximate surface area is 189 Å². The van der Waals surface area contributed by atoms with Crippen LogP contribution in [0.1, 0.15) is 69.9 Å². The minimum atomic E-state index is -0.664. The molecule has 0 heterocycles. The van der Waals surface area contributed by atoms with Crippen molar-refractivity contribution in [1.82, 2.24) is 5.43 Å². The fraction of sp³-hybridized carbons (Fsp3) is 0.286. The number of rotatable bonds is 4. The number of benzene rings is 2. The average molecular weight is 462 g/mol. The second kappa shape index (κ2) is 12.7. The number of halogens is 3. The van der Waals surface area contributed by atoms with Gasteiger partial charge in [0.2, 0.25) is 0 Å². The van der Waals surface area contributed by atoms with Crippen LogP contribution < -0.4 is 11.3 Å². The van der Waals surface area contributed by atoms with E-state index >= 15 is 0 Å². The molecule has 0 aliphatic carbocycles. The third-order valence-electron chi connectivity index (χ3n) is 3.70. The Hall–Kier alpha value is -1.76. The number of Topliss-reactive ketones (excluding diaryl/α,β-unsaturated/α-hetero) is 1. The minimum Gasteiger partial charge on any atom is -0.295 e. The van der Waals surface area contributed by atoms with E-state index in [2.05, 4.69) is 5.43 Å². The van der Waals surface area contributed by atoms with Crippen molar-refractivity contribution >= 4 is 53.2 Å². The molecule has 0 saturated carbocycles. The summed E-state index contributed by atoms with van der Waals surface area (Å²) in [4.78, 5) is 35.3. The minimum absolute atomic E-state index is 0. The topological polar surface area (TPSA) is 89.3 Å². The molecule has 0 aliphatic rings. The van der Waals surface area contributed by atoms with Gasteiger partial charge in [-0.25, -0.2) is 0 Å². The second-order valence-corrected chi connectivity index (χ2v) is 7.47. The summed E-state index contributed by atoms with van der Waals surface area (Å²) in [5.41, 5.74) is 4.79. The highest BCUT2D eigenvalue weighted by Crippen LogP contribution is 2.21. The average Bonchev–Trinajstić information content (AvgIpc) is 2.60. The van der Waals surface area contributed by atoms with Crippen molar-refractivity contribution in [3.63, 3.8) is 0 Å². The molecule has 0 spiro atoms. The number of hydrazine groups is 1. The number of aryl methyl sites for hydroxylation is 1. The van der Waals surface area contributed by atoms with E-state index < -0.39 is 5.24 Å². The van der Waals surface area contributed by atoms with Gasteiger partial charge >= 0.3 is 0 Å². The number of hydrogen-bond donors (Lipinski definition) is 2. The van der Waals surface area contributed by atoms with Crippen LogP contribution >= 0.6 is 36.4 Å². The molecule has 0 unspecified atom stereocenters. The molecular formula is C21H27Cl3N2O3. The van der Waals surface area contributed by atoms with Gasteiger partial charge < -0.3 is 0 Å². The largest absolute Gasteiger partial charge is 0.295 e. The zero-order valence-electron chi connectivity index (χ0n) is 17.0. The Morgan fingerprint density at radius 2 is 1.38 bits per heavy atom. The van der Waals surface area contributed by atoms with Gasteiger partial charge in [0, 0.05) is 27.8 Å². The van der Waals surface area contributed by atoms with E-state index in [1.165, 1.54) is 13.0 Å². The molecule has 2 rings (SSSR count). The van der Waals surface area contributed by atoms with Gasteiger partial charge in [-0.05, 0) is 57.8 Å². The molecule has 0 aromatic heterocycles. The third kappa shape index (κ3) is 9.07. The predicted octanol–water partition coefficient (Wildman–Crippen LogP) is 4.90. The molecule has 160 valence electrons. The van der Waals surface area contributed by atoms with Crippen molar-refractivity contribution in [3.05, 3.63) is 70.3 Å². The summed E-state index contributed by atoms with van der Waals surface area (Å²) in [6.07, 6.45) is 0. The molecule has 3 N–H and O–H groups in total. The van der Waals surface area contributed by atoms with Gasteiger partial charge in [-0.3, -0.25) is 25.7 Å². The first-order valence-corrected chi connectivity index (χ1v) is 8.78. The summed E-state index contributed by atoms with van der Waals surface area (Å²) >= 11 is 5.54. The molecule has 0 aliphatic heterocycles. The van der Waals surface area contributed by atoms with Gasteiger partial charge in [0.25, 0.3) is 5.24 Å². The van der Waals surface area contributed by atoms with Gasteiger partial charge in [0.1, 0.15) is 0 Å². The maximum Gasteiger partial charge on any atom is 0.253 e. The van der Waals surface area contributed by atoms with Crippen LogP contribution in [0, 0.1) is 6.92 Å². The van der Waals surface area contributed by atoms with Gasteiger partial charge in [0.05, 0.1) is 0 Å². The Morgan fingerprint density at radius 3 is 1.76 bits per heavy atom. The molecule has 0 amide bonds. The number of nitrogens with two attached hydrogens (primary N) is 1. The van der Waals surface area contributed by atoms with Crippen LogP contribution in [0.5, 0.6) is 0 Å². The van der Waals surface area contributed by atoms with Crippen LogP contribution in [0.15, 0.2) is 42.5 Å². The van der Waals surface area contributed by atoms with Crippen molar-refractivity contribution in [2.24, 2.45) is 5.84 Å². The van der Waals surface area contributed by atoms with E-state index in [1.54, 1.807) is 43.3 Å². The quantitative estimate of drug-likeness (QED) is 0.292. The molecule has 0 saturated heterocycles. The standard InChI is InChI=1S/C17H13ClO3.C4H12N2.2ClH/c1-10-4-3-5-14(17(18)21)15(10)16(20)13-8-6-12(7-9-13)11(2)19;1-4(2,3)6-5;;/h3-9H,1-2H3;6H,5H2,1-3H3;2*1H. The Bertz CT molecular complexity index is 845. The number of ketones is 2. The first-order valence-electron chi connectivity index (χ1n) is 8.41. The van der Waals surface area contributed by atoms with Crippen molar-refractivity contribution in [3.8, 4) is 0 Å². The van der Waals surface area contributed by atoms with Crippen LogP contribution in [-0.4, -0.2) is 22.3 Å². The molecule has 5 nitrogen and oxygen atoms in total. The second-order valence-electron chi connectivity index (χ2n) is 7.13. The van der Waals surface area contributed by atoms with Gasteiger partial charge in [-0.1, -0.05) is 36.4 Å². The first kappa shape index (κ1) is 29.4. The summed E-state index contributed by atoms with van der Waals surface area (Å²) in [6, 6.07) is 11.3. The fourth-order valence-corrected chi connectivity index (χ4v) is 2.29. The lowest BCUT2D eigenvalue weighted by atomic mass is 9.94. The molecule has 0 radical (unpaired) electrons. The van der Waals surface area contributed by atoms with Crippen molar-refractivity contribution in [2.45, 2.75) is 40.2 Å². The Kier molecular flexibility index (Phi) is 12.9. The zero-order chi connectivity index (χ0) is 20.8. The van der Waals surface area contributed by atoms with Crippen LogP contribution in [-0.2, 0) is 0 Å². The van der Waals surface area contributed by atoms with Crippen molar-refractivity contribution in [2.75, 3.05) is 0 Å². The molecule has 2 aromatic rings. The summed E-state index contributed by atoms with van der Waals surface area (Å²) in [6.45, 7) is 9.23. The molecule has 0 fully saturated rings. The number of nitrogens with one attached hydrogen (secondary N) is 1. The lowest BCUT2D eigenvalue weighted by Crippen LogP contribution is -2.41. The van der Waals surface area contributed by atoms with Crippen LogP contribution in [0.4, 0.5) is 0 Å². The zero-order valence-corrected chi connectivity index (χ0v) is 19.4. The van der Waals surface area contributed by atoms with Crippen molar-refractivity contribution in [1.29, 1.82) is 0 Å². The van der Waals surface area contributed by atoms with Crippen LogP contribution in [0.25, 0.3) is 0 Å². The third-order valence-corrected chi connectivity index (χ3v) is 3.90. The van der Waals surface area contributed by atoms with E-state index in [4.69, 9.17) is 17.4 Å². The normalized spacial score (nSPS) is 9.90. The maximum absolute atomic E-state index is 12.6. The van der Waals surface area contributed by atoms with E-state index in [9.17, 15) is 14.4 Å². The van der Waals surface area contributed by atoms with Gasteiger partial charge in [0.15, 0.2) is 11.6 Å². The van der Waals surface area contributed by atoms with E-state index in [-0.39, 0.29) is 47.5 Å². The van der Waals surface area contributed by atoms with Gasteiger partial charge in [-0.2, -0.15) is 0 Å². The highest BCUT2D eigenvalue weighted by Gasteiger charge is 2.19. The summed E-state index contributed by atoms with van der Waals surface area (Å²) in [7, 11) is 0. The molecule has 8 heteroatoms. The molecule has 0 atom stereocenters. The lowest BCUT2D eigenvalue weighted by Gasteiger charge is -2.14. The monoisotopic (exact) mass is 460 g/mol. The molecule has 2 aromatic carbocycles. The van der Waals surface area contributed by atoms with E-state index in [0.29, 0.717) is 22.3 Å². The van der Waals surface area contributed by atoms with E-state index in [1.807, 2.05) is 20.8 Å². The highest BCUT2D eigenvalue weighted by atomic mass is 35.5. The Balaban J connectivity index is 0. The fourth-order valence-electron chi connectivity index (χ4n) is 2.13. The first-order chi connectivity index (χ1) is 12.5.